The molecule has 0 spiro atoms. The first-order valence-corrected chi connectivity index (χ1v) is 13.2. The van der Waals surface area contributed by atoms with Crippen LogP contribution in [-0.4, -0.2) is 21.9 Å². The highest BCUT2D eigenvalue weighted by atomic mass is 16.3. The van der Waals surface area contributed by atoms with Gasteiger partial charge in [-0.2, -0.15) is 0 Å². The van der Waals surface area contributed by atoms with E-state index in [1.807, 2.05) is 13.8 Å². The van der Waals surface area contributed by atoms with Gasteiger partial charge in [-0.3, -0.25) is 0 Å². The summed E-state index contributed by atoms with van der Waals surface area (Å²) in [6.07, 6.45) is 17.0. The molecule has 0 bridgehead atoms. The van der Waals surface area contributed by atoms with E-state index >= 15 is 0 Å². The fourth-order valence-corrected chi connectivity index (χ4v) is 8.58. The van der Waals surface area contributed by atoms with Crippen LogP contribution in [0.25, 0.3) is 0 Å². The van der Waals surface area contributed by atoms with Gasteiger partial charge in [0.2, 0.25) is 0 Å². The third-order valence-corrected chi connectivity index (χ3v) is 10.9. The summed E-state index contributed by atoms with van der Waals surface area (Å²) < 4.78 is 0. The lowest BCUT2D eigenvalue weighted by molar-refractivity contribution is -0.0144. The van der Waals surface area contributed by atoms with Crippen LogP contribution in [-0.2, 0) is 0 Å². The number of aliphatic hydroxyl groups is 2. The Hall–Kier alpha value is -0.860. The fraction of sp³-hybridized carbons (Fsp3) is 0.800. The van der Waals surface area contributed by atoms with Crippen LogP contribution in [0.4, 0.5) is 0 Å². The minimum Gasteiger partial charge on any atom is -0.390 e. The molecule has 0 aromatic rings. The minimum atomic E-state index is -0.557. The SMILES string of the molecule is C[C@H](CCCC(C)(C)O)[C@H]1CC[C@@]2(C)C3=CCC4C(C)(C)C=C[C@H](O)[C@]4(C)C3=CC[C@]12C. The molecular formula is C30H48O2. The van der Waals surface area contributed by atoms with E-state index in [4.69, 9.17) is 0 Å². The molecule has 2 heteroatoms. The molecule has 7 atom stereocenters. The summed E-state index contributed by atoms with van der Waals surface area (Å²) in [5.41, 5.74) is 2.82. The lowest BCUT2D eigenvalue weighted by Gasteiger charge is -2.60. The molecule has 0 aromatic carbocycles. The number of rotatable bonds is 5. The highest BCUT2D eigenvalue weighted by Crippen LogP contribution is 2.71. The lowest BCUT2D eigenvalue weighted by atomic mass is 9.45. The van der Waals surface area contributed by atoms with Crippen molar-refractivity contribution in [2.75, 3.05) is 0 Å². The van der Waals surface area contributed by atoms with Crippen molar-refractivity contribution in [1.82, 2.24) is 0 Å². The number of hydrogen-bond donors (Lipinski definition) is 2. The Morgan fingerprint density at radius 1 is 1.09 bits per heavy atom. The van der Waals surface area contributed by atoms with E-state index in [1.54, 1.807) is 5.57 Å². The van der Waals surface area contributed by atoms with E-state index < -0.39 is 11.7 Å². The molecule has 0 saturated heterocycles. The second-order valence-corrected chi connectivity index (χ2v) is 13.7. The van der Waals surface area contributed by atoms with Crippen LogP contribution in [0.15, 0.2) is 35.5 Å². The van der Waals surface area contributed by atoms with E-state index in [0.717, 1.165) is 25.7 Å². The van der Waals surface area contributed by atoms with Crippen molar-refractivity contribution in [2.45, 2.75) is 112 Å². The first-order chi connectivity index (χ1) is 14.7. The van der Waals surface area contributed by atoms with E-state index in [9.17, 15) is 10.2 Å². The van der Waals surface area contributed by atoms with E-state index in [0.29, 0.717) is 17.8 Å². The monoisotopic (exact) mass is 440 g/mol. The average Bonchev–Trinajstić information content (AvgIpc) is 2.96. The molecule has 180 valence electrons. The molecule has 0 aliphatic heterocycles. The molecule has 0 heterocycles. The highest BCUT2D eigenvalue weighted by Gasteiger charge is 2.63. The summed E-state index contributed by atoms with van der Waals surface area (Å²) in [6, 6.07) is 0. The molecule has 1 fully saturated rings. The molecule has 2 N–H and O–H groups in total. The topological polar surface area (TPSA) is 40.5 Å². The fourth-order valence-electron chi connectivity index (χ4n) is 8.58. The summed E-state index contributed by atoms with van der Waals surface area (Å²) >= 11 is 0. The number of hydrogen-bond acceptors (Lipinski definition) is 2. The van der Waals surface area contributed by atoms with Gasteiger partial charge < -0.3 is 10.2 Å². The molecule has 4 aliphatic rings. The molecule has 2 nitrogen and oxygen atoms in total. The smallest absolute Gasteiger partial charge is 0.0818 e. The molecule has 4 rings (SSSR count). The van der Waals surface area contributed by atoms with Gasteiger partial charge in [0.1, 0.15) is 0 Å². The van der Waals surface area contributed by atoms with Gasteiger partial charge in [0.25, 0.3) is 0 Å². The average molecular weight is 441 g/mol. The normalized spacial score (nSPS) is 43.6. The molecule has 4 aliphatic carbocycles. The maximum atomic E-state index is 11.3. The first kappa shape index (κ1) is 24.3. The third-order valence-electron chi connectivity index (χ3n) is 10.9. The summed E-state index contributed by atoms with van der Waals surface area (Å²) in [6.45, 7) is 18.4. The van der Waals surface area contributed by atoms with Crippen LogP contribution in [0.2, 0.25) is 0 Å². The van der Waals surface area contributed by atoms with Gasteiger partial charge in [-0.15, -0.1) is 0 Å². The molecule has 1 saturated carbocycles. The lowest BCUT2D eigenvalue weighted by Crippen LogP contribution is -2.54. The van der Waals surface area contributed by atoms with Crippen molar-refractivity contribution in [1.29, 1.82) is 0 Å². The second-order valence-electron chi connectivity index (χ2n) is 13.7. The van der Waals surface area contributed by atoms with E-state index in [-0.39, 0.29) is 21.7 Å². The standard InChI is InChI=1S/C30H48O2/c1-20(10-9-16-27(4,5)32)21-13-18-29(7)22-11-12-24-26(2,3)17-15-25(31)30(24,8)23(22)14-19-28(21,29)6/h11,14-15,17,20-21,24-25,31-32H,9-10,12-13,16,18-19H2,1-8H3/t20-,21-,24?,25+,28-,29+,30-/m1/s1. The molecule has 32 heavy (non-hydrogen) atoms. The molecule has 0 aromatic heterocycles. The maximum absolute atomic E-state index is 11.3. The van der Waals surface area contributed by atoms with Crippen LogP contribution < -0.4 is 0 Å². The predicted octanol–water partition coefficient (Wildman–Crippen LogP) is 7.23. The summed E-state index contributed by atoms with van der Waals surface area (Å²) in [4.78, 5) is 0. The van der Waals surface area contributed by atoms with Crippen LogP contribution in [0, 0.1) is 39.4 Å². The van der Waals surface area contributed by atoms with Gasteiger partial charge >= 0.3 is 0 Å². The molecule has 1 unspecified atom stereocenters. The van der Waals surface area contributed by atoms with Gasteiger partial charge in [-0.1, -0.05) is 78.7 Å². The summed E-state index contributed by atoms with van der Waals surface area (Å²) in [5, 5.41) is 21.4. The van der Waals surface area contributed by atoms with Crippen LogP contribution >= 0.6 is 0 Å². The van der Waals surface area contributed by atoms with Gasteiger partial charge in [-0.25, -0.2) is 0 Å². The van der Waals surface area contributed by atoms with Crippen molar-refractivity contribution >= 4 is 0 Å². The van der Waals surface area contributed by atoms with Crippen molar-refractivity contribution < 1.29 is 10.2 Å². The zero-order chi connectivity index (χ0) is 23.7. The maximum Gasteiger partial charge on any atom is 0.0818 e. The second kappa shape index (κ2) is 7.57. The number of aliphatic hydroxyl groups excluding tert-OH is 1. The zero-order valence-corrected chi connectivity index (χ0v) is 22.0. The number of allylic oxidation sites excluding steroid dienone is 4. The third kappa shape index (κ3) is 3.42. The Kier molecular flexibility index (Phi) is 5.74. The summed E-state index contributed by atoms with van der Waals surface area (Å²) in [5.74, 6) is 1.83. The molecule has 0 amide bonds. The Balaban J connectivity index is 1.64. The zero-order valence-electron chi connectivity index (χ0n) is 22.0. The van der Waals surface area contributed by atoms with E-state index in [2.05, 4.69) is 65.8 Å². The van der Waals surface area contributed by atoms with Crippen molar-refractivity contribution in [2.24, 2.45) is 39.4 Å². The Bertz CT molecular complexity index is 839. The van der Waals surface area contributed by atoms with Crippen molar-refractivity contribution in [3.8, 4) is 0 Å². The van der Waals surface area contributed by atoms with Crippen LogP contribution in [0.3, 0.4) is 0 Å². The predicted molar refractivity (Wildman–Crippen MR) is 134 cm³/mol. The van der Waals surface area contributed by atoms with Gasteiger partial charge in [0.15, 0.2) is 0 Å². The number of fused-ring (bicyclic) bond motifs is 5. The Morgan fingerprint density at radius 2 is 1.78 bits per heavy atom. The molecular weight excluding hydrogens is 392 g/mol. The summed E-state index contributed by atoms with van der Waals surface area (Å²) in [7, 11) is 0. The van der Waals surface area contributed by atoms with Gasteiger partial charge in [0.05, 0.1) is 11.7 Å². The first-order valence-electron chi connectivity index (χ1n) is 13.2. The molecule has 0 radical (unpaired) electrons. The minimum absolute atomic E-state index is 0.103. The van der Waals surface area contributed by atoms with Gasteiger partial charge in [-0.05, 0) is 91.1 Å². The van der Waals surface area contributed by atoms with Gasteiger partial charge in [0, 0.05) is 5.41 Å². The largest absolute Gasteiger partial charge is 0.390 e. The quantitative estimate of drug-likeness (QED) is 0.443. The van der Waals surface area contributed by atoms with Crippen molar-refractivity contribution in [3.05, 3.63) is 35.5 Å². The highest BCUT2D eigenvalue weighted by molar-refractivity contribution is 5.51. The Labute approximate surface area is 197 Å². The van der Waals surface area contributed by atoms with Crippen molar-refractivity contribution in [3.63, 3.8) is 0 Å². The van der Waals surface area contributed by atoms with Crippen LogP contribution in [0.1, 0.15) is 100 Å². The van der Waals surface area contributed by atoms with E-state index in [1.165, 1.54) is 24.8 Å². The van der Waals surface area contributed by atoms with Crippen LogP contribution in [0.5, 0.6) is 0 Å². The Morgan fingerprint density at radius 3 is 2.44 bits per heavy atom.